The number of methoxy groups -OCH3 is 2. The second kappa shape index (κ2) is 8.84. The number of hydrogen-bond donors (Lipinski definition) is 0. The zero-order valence-electron chi connectivity index (χ0n) is 14.8. The van der Waals surface area contributed by atoms with Gasteiger partial charge in [0, 0.05) is 18.1 Å². The Labute approximate surface area is 149 Å². The first-order valence-corrected chi connectivity index (χ1v) is 7.56. The van der Waals surface area contributed by atoms with E-state index < -0.39 is 46.2 Å². The molecule has 0 amide bonds. The summed E-state index contributed by atoms with van der Waals surface area (Å²) in [4.78, 5) is 59.0. The maximum absolute atomic E-state index is 12.2. The van der Waals surface area contributed by atoms with Gasteiger partial charge in [0.1, 0.15) is 23.4 Å². The normalized spacial score (nSPS) is 13.8. The van der Waals surface area contributed by atoms with Gasteiger partial charge in [0.15, 0.2) is 0 Å². The average Bonchev–Trinajstić information content (AvgIpc) is 2.59. The third-order valence-corrected chi connectivity index (χ3v) is 3.97. The predicted octanol–water partition coefficient (Wildman–Crippen LogP) is 1.43. The molecule has 0 bridgehead atoms. The van der Waals surface area contributed by atoms with Gasteiger partial charge < -0.3 is 9.47 Å². The molecule has 140 valence electrons. The maximum Gasteiger partial charge on any atom is 0.316 e. The van der Waals surface area contributed by atoms with Crippen LogP contribution < -0.4 is 0 Å². The van der Waals surface area contributed by atoms with Crippen molar-refractivity contribution < 1.29 is 33.6 Å². The van der Waals surface area contributed by atoms with E-state index in [0.717, 1.165) is 34.1 Å². The van der Waals surface area contributed by atoms with Gasteiger partial charge in [-0.3, -0.25) is 29.3 Å². The summed E-state index contributed by atoms with van der Waals surface area (Å²) >= 11 is 0. The number of nitrogens with zero attached hydrogens (tertiary/aromatic N) is 1. The summed E-state index contributed by atoms with van der Waals surface area (Å²) in [6.07, 6.45) is 0. The fraction of sp³-hybridized carbons (Fsp3) is 0.412. The van der Waals surface area contributed by atoms with Gasteiger partial charge in [-0.05, 0) is 19.4 Å². The van der Waals surface area contributed by atoms with Crippen molar-refractivity contribution in [1.29, 1.82) is 0 Å². The van der Waals surface area contributed by atoms with Gasteiger partial charge in [0.05, 0.1) is 19.1 Å². The summed E-state index contributed by atoms with van der Waals surface area (Å²) in [6.45, 7) is 2.22. The summed E-state index contributed by atoms with van der Waals surface area (Å²) < 4.78 is 9.28. The molecule has 0 aromatic heterocycles. The first-order valence-electron chi connectivity index (χ1n) is 7.56. The highest BCUT2D eigenvalue weighted by atomic mass is 16.6. The minimum absolute atomic E-state index is 0.107. The molecule has 0 aliphatic heterocycles. The monoisotopic (exact) mass is 365 g/mol. The molecule has 2 unspecified atom stereocenters. The summed E-state index contributed by atoms with van der Waals surface area (Å²) in [5, 5.41) is 11.1. The molecule has 0 heterocycles. The highest BCUT2D eigenvalue weighted by Crippen LogP contribution is 2.36. The number of benzene rings is 1. The molecule has 0 N–H and O–H groups in total. The molecule has 9 nitrogen and oxygen atoms in total. The Kier molecular flexibility index (Phi) is 7.12. The Hall–Kier alpha value is -3.10. The van der Waals surface area contributed by atoms with E-state index in [0.29, 0.717) is 0 Å². The summed E-state index contributed by atoms with van der Waals surface area (Å²) in [7, 11) is 2.12. The van der Waals surface area contributed by atoms with Crippen molar-refractivity contribution in [3.63, 3.8) is 0 Å². The van der Waals surface area contributed by atoms with Gasteiger partial charge in [-0.2, -0.15) is 0 Å². The standard InChI is InChI=1S/C17H19NO8/c1-9(19)13(16(21)25-3)15(14(10(2)20)17(22)26-4)11-6-5-7-12(8-11)18(23)24/h5-8,13-15H,1-4H3. The third-order valence-electron chi connectivity index (χ3n) is 3.97. The van der Waals surface area contributed by atoms with E-state index in [4.69, 9.17) is 0 Å². The van der Waals surface area contributed by atoms with Crippen LogP contribution in [0.1, 0.15) is 25.3 Å². The summed E-state index contributed by atoms with van der Waals surface area (Å²) in [6, 6.07) is 5.06. The van der Waals surface area contributed by atoms with Crippen LogP contribution in [0.5, 0.6) is 0 Å². The highest BCUT2D eigenvalue weighted by molar-refractivity contribution is 6.04. The van der Waals surface area contributed by atoms with E-state index in [9.17, 15) is 29.3 Å². The molecule has 0 fully saturated rings. The average molecular weight is 365 g/mol. The van der Waals surface area contributed by atoms with Gasteiger partial charge in [0.2, 0.25) is 0 Å². The smallest absolute Gasteiger partial charge is 0.316 e. The van der Waals surface area contributed by atoms with Crippen LogP contribution in [-0.2, 0) is 28.7 Å². The largest absolute Gasteiger partial charge is 0.468 e. The van der Waals surface area contributed by atoms with E-state index in [1.54, 1.807) is 0 Å². The quantitative estimate of drug-likeness (QED) is 0.293. The second-order valence-corrected chi connectivity index (χ2v) is 5.60. The van der Waals surface area contributed by atoms with Crippen molar-refractivity contribution in [2.75, 3.05) is 14.2 Å². The van der Waals surface area contributed by atoms with Gasteiger partial charge in [-0.1, -0.05) is 12.1 Å². The number of ketones is 2. The number of Topliss-reactive ketones (excluding diaryl/α,β-unsaturated/α-hetero) is 2. The van der Waals surface area contributed by atoms with Gasteiger partial charge >= 0.3 is 11.9 Å². The molecule has 9 heteroatoms. The number of nitro groups is 1. The lowest BCUT2D eigenvalue weighted by atomic mass is 9.73. The number of esters is 2. The zero-order valence-corrected chi connectivity index (χ0v) is 14.8. The van der Waals surface area contributed by atoms with Crippen molar-refractivity contribution in [3.8, 4) is 0 Å². The molecule has 0 saturated heterocycles. The van der Waals surface area contributed by atoms with Crippen LogP contribution in [0.3, 0.4) is 0 Å². The first kappa shape index (κ1) is 20.9. The minimum atomic E-state index is -1.50. The zero-order chi connectivity index (χ0) is 20.0. The van der Waals surface area contributed by atoms with Gasteiger partial charge in [-0.15, -0.1) is 0 Å². The molecular formula is C17H19NO8. The number of hydrogen-bond acceptors (Lipinski definition) is 8. The van der Waals surface area contributed by atoms with Crippen LogP contribution in [-0.4, -0.2) is 42.6 Å². The molecule has 1 aromatic carbocycles. The minimum Gasteiger partial charge on any atom is -0.468 e. The van der Waals surface area contributed by atoms with E-state index in [1.165, 1.54) is 18.2 Å². The third kappa shape index (κ3) is 4.50. The van der Waals surface area contributed by atoms with Crippen molar-refractivity contribution >= 4 is 29.2 Å². The highest BCUT2D eigenvalue weighted by Gasteiger charge is 2.45. The number of rotatable bonds is 8. The number of ether oxygens (including phenoxy) is 2. The Morgan fingerprint density at radius 3 is 1.77 bits per heavy atom. The molecular weight excluding hydrogens is 346 g/mol. The van der Waals surface area contributed by atoms with Crippen LogP contribution in [0.2, 0.25) is 0 Å². The number of non-ortho nitro benzene ring substituents is 1. The van der Waals surface area contributed by atoms with Gasteiger partial charge in [0.25, 0.3) is 5.69 Å². The SMILES string of the molecule is COC(=O)C(C(C)=O)C(c1cccc([N+](=O)[O-])c1)C(C(C)=O)C(=O)OC. The van der Waals surface area contributed by atoms with E-state index in [1.807, 2.05) is 0 Å². The van der Waals surface area contributed by atoms with Crippen molar-refractivity contribution in [3.05, 3.63) is 39.9 Å². The predicted molar refractivity (Wildman–Crippen MR) is 88.2 cm³/mol. The van der Waals surface area contributed by atoms with Gasteiger partial charge in [-0.25, -0.2) is 0 Å². The lowest BCUT2D eigenvalue weighted by Gasteiger charge is -2.28. The van der Waals surface area contributed by atoms with E-state index in [-0.39, 0.29) is 11.3 Å². The van der Waals surface area contributed by atoms with Crippen molar-refractivity contribution in [1.82, 2.24) is 0 Å². The van der Waals surface area contributed by atoms with Crippen LogP contribution in [0.4, 0.5) is 5.69 Å². The second-order valence-electron chi connectivity index (χ2n) is 5.60. The molecule has 26 heavy (non-hydrogen) atoms. The Bertz CT molecular complexity index is 708. The molecule has 0 aliphatic carbocycles. The Morgan fingerprint density at radius 1 is 0.962 bits per heavy atom. The fourth-order valence-electron chi connectivity index (χ4n) is 2.81. The number of carbonyl (C=O) groups is 4. The molecule has 0 saturated carbocycles. The molecule has 0 aliphatic rings. The van der Waals surface area contributed by atoms with Crippen LogP contribution in [0.25, 0.3) is 0 Å². The van der Waals surface area contributed by atoms with Crippen molar-refractivity contribution in [2.24, 2.45) is 11.8 Å². The van der Waals surface area contributed by atoms with E-state index in [2.05, 4.69) is 9.47 Å². The maximum atomic E-state index is 12.2. The molecule has 0 spiro atoms. The number of nitro benzene ring substituents is 1. The van der Waals surface area contributed by atoms with Crippen LogP contribution in [0, 0.1) is 22.0 Å². The number of carbonyl (C=O) groups excluding carboxylic acids is 4. The summed E-state index contributed by atoms with van der Waals surface area (Å²) in [5.74, 6) is -7.52. The lowest BCUT2D eigenvalue weighted by Crippen LogP contribution is -2.40. The first-order chi connectivity index (χ1) is 12.1. The lowest BCUT2D eigenvalue weighted by molar-refractivity contribution is -0.385. The van der Waals surface area contributed by atoms with Crippen LogP contribution in [0.15, 0.2) is 24.3 Å². The van der Waals surface area contributed by atoms with Crippen LogP contribution >= 0.6 is 0 Å². The Morgan fingerprint density at radius 2 is 1.42 bits per heavy atom. The summed E-state index contributed by atoms with van der Waals surface area (Å²) in [5.41, 5.74) is -0.206. The molecule has 1 aromatic rings. The Balaban J connectivity index is 3.70. The molecule has 0 radical (unpaired) electrons. The van der Waals surface area contributed by atoms with E-state index >= 15 is 0 Å². The van der Waals surface area contributed by atoms with Crippen molar-refractivity contribution in [2.45, 2.75) is 19.8 Å². The topological polar surface area (TPSA) is 130 Å². The fourth-order valence-corrected chi connectivity index (χ4v) is 2.81. The molecule has 2 atom stereocenters. The molecule has 1 rings (SSSR count).